The van der Waals surface area contributed by atoms with Crippen molar-refractivity contribution in [3.05, 3.63) is 150 Å². The van der Waals surface area contributed by atoms with Crippen LogP contribution in [0.5, 0.6) is 11.5 Å². The molecule has 0 unspecified atom stereocenters. The van der Waals surface area contributed by atoms with Crippen LogP contribution in [0.2, 0.25) is 0 Å². The number of amides is 2. The first-order valence-corrected chi connectivity index (χ1v) is 17.5. The van der Waals surface area contributed by atoms with Crippen molar-refractivity contribution < 1.29 is 24.1 Å². The fourth-order valence-electron chi connectivity index (χ4n) is 5.71. The van der Waals surface area contributed by atoms with Crippen molar-refractivity contribution in [3.8, 4) is 17.2 Å². The molecule has 1 saturated heterocycles. The van der Waals surface area contributed by atoms with Crippen molar-refractivity contribution in [2.24, 2.45) is 5.92 Å². The number of carbonyl (C=O) groups excluding carboxylic acids is 1. The lowest BCUT2D eigenvalue weighted by Crippen LogP contribution is -2.38. The zero-order valence-corrected chi connectivity index (χ0v) is 28.5. The number of tetrazole rings is 1. The quantitative estimate of drug-likeness (QED) is 0.115. The van der Waals surface area contributed by atoms with Gasteiger partial charge >= 0.3 is 6.03 Å². The van der Waals surface area contributed by atoms with E-state index in [1.807, 2.05) is 109 Å². The summed E-state index contributed by atoms with van der Waals surface area (Å²) in [5, 5.41) is 28.3. The van der Waals surface area contributed by atoms with Crippen molar-refractivity contribution in [1.29, 1.82) is 0 Å². The Balaban J connectivity index is 1.02. The average Bonchev–Trinajstić information content (AvgIpc) is 3.65. The van der Waals surface area contributed by atoms with E-state index in [4.69, 9.17) is 14.2 Å². The number of carbonyl (C=O) groups is 1. The highest BCUT2D eigenvalue weighted by Crippen LogP contribution is 2.43. The predicted molar refractivity (Wildman–Crippen MR) is 195 cm³/mol. The summed E-state index contributed by atoms with van der Waals surface area (Å²) in [5.74, 6) is 1.97. The molecule has 1 aliphatic rings. The number of nitrogens with one attached hydrogen (secondary N) is 2. The molecule has 7 rings (SSSR count). The van der Waals surface area contributed by atoms with E-state index in [-0.39, 0.29) is 30.8 Å². The lowest BCUT2D eigenvalue weighted by atomic mass is 9.91. The van der Waals surface area contributed by atoms with Gasteiger partial charge in [-0.3, -0.25) is 0 Å². The van der Waals surface area contributed by atoms with Crippen LogP contribution >= 0.6 is 11.8 Å². The lowest BCUT2D eigenvalue weighted by Gasteiger charge is -2.41. The number of nitrogens with zero attached hydrogens (tertiary/aromatic N) is 4. The number of rotatable bonds is 11. The normalized spacial score (nSPS) is 18.5. The summed E-state index contributed by atoms with van der Waals surface area (Å²) in [6.45, 7) is 2.08. The Morgan fingerprint density at radius 1 is 0.784 bits per heavy atom. The summed E-state index contributed by atoms with van der Waals surface area (Å²) in [6, 6.07) is 41.3. The van der Waals surface area contributed by atoms with Crippen LogP contribution in [-0.2, 0) is 16.1 Å². The number of thioether (sulfide) groups is 1. The molecule has 11 nitrogen and oxygen atoms in total. The van der Waals surface area contributed by atoms with E-state index < -0.39 is 6.29 Å². The second kappa shape index (κ2) is 16.0. The summed E-state index contributed by atoms with van der Waals surface area (Å²) in [4.78, 5) is 12.8. The van der Waals surface area contributed by atoms with E-state index in [9.17, 15) is 9.90 Å². The second-order valence-electron chi connectivity index (χ2n) is 12.0. The monoisotopic (exact) mass is 700 g/mol. The smallest absolute Gasteiger partial charge is 0.323 e. The van der Waals surface area contributed by atoms with E-state index in [0.717, 1.165) is 28.1 Å². The molecule has 0 aliphatic carbocycles. The summed E-state index contributed by atoms with van der Waals surface area (Å²) in [6.07, 6.45) is -1.16. The van der Waals surface area contributed by atoms with Crippen LogP contribution in [0.25, 0.3) is 5.69 Å². The van der Waals surface area contributed by atoms with Crippen LogP contribution in [0, 0.1) is 5.92 Å². The molecule has 258 valence electrons. The number of aliphatic hydroxyl groups excluding tert-OH is 1. The van der Waals surface area contributed by atoms with Gasteiger partial charge in [-0.2, -0.15) is 4.68 Å². The van der Waals surface area contributed by atoms with E-state index in [2.05, 4.69) is 33.1 Å². The fraction of sp³-hybridized carbons (Fsp3) is 0.179. The predicted octanol–water partition coefficient (Wildman–Crippen LogP) is 8.17. The Morgan fingerprint density at radius 3 is 2.06 bits per heavy atom. The summed E-state index contributed by atoms with van der Waals surface area (Å²) in [5.41, 5.74) is 4.74. The number of aromatic nitrogens is 4. The van der Waals surface area contributed by atoms with Gasteiger partial charge in [0.1, 0.15) is 11.5 Å². The first kappa shape index (κ1) is 33.9. The minimum atomic E-state index is -0.668. The molecule has 0 saturated carbocycles. The van der Waals surface area contributed by atoms with Crippen LogP contribution in [0.1, 0.15) is 36.0 Å². The molecule has 4 atom stereocenters. The number of urea groups is 1. The Bertz CT molecular complexity index is 2010. The number of hydrogen-bond donors (Lipinski definition) is 3. The third kappa shape index (κ3) is 8.44. The molecule has 0 radical (unpaired) electrons. The van der Waals surface area contributed by atoms with Crippen molar-refractivity contribution in [2.45, 2.75) is 37.2 Å². The molecule has 0 bridgehead atoms. The molecule has 6 aromatic rings. The summed E-state index contributed by atoms with van der Waals surface area (Å²) < 4.78 is 20.8. The van der Waals surface area contributed by atoms with Crippen molar-refractivity contribution in [3.63, 3.8) is 0 Å². The first-order chi connectivity index (χ1) is 25.0. The standard InChI is InChI=1S/C39H36N6O5S/c1-26-35(25-51-39-42-43-44-45(39)32-8-4-2-5-9-32)49-37(50-36(26)28-14-12-27(24-46)13-15-28)29-16-18-30(19-17-29)40-38(47)41-31-20-22-34(23-21-31)48-33-10-6-3-7-11-33/h2-23,26,35-37,46H,24-25H2,1H3,(H2,40,41,47)/t26-,35+,36+,37+/m1/s1. The highest BCUT2D eigenvalue weighted by atomic mass is 32.2. The van der Waals surface area contributed by atoms with Crippen molar-refractivity contribution >= 4 is 29.2 Å². The Kier molecular flexibility index (Phi) is 10.6. The van der Waals surface area contributed by atoms with Gasteiger partial charge in [-0.05, 0) is 82.2 Å². The maximum Gasteiger partial charge on any atom is 0.323 e. The molecule has 0 spiro atoms. The number of hydrogen-bond acceptors (Lipinski definition) is 9. The maximum atomic E-state index is 12.8. The highest BCUT2D eigenvalue weighted by molar-refractivity contribution is 7.99. The molecule has 1 aliphatic heterocycles. The van der Waals surface area contributed by atoms with Gasteiger partial charge in [0.2, 0.25) is 5.16 Å². The highest BCUT2D eigenvalue weighted by Gasteiger charge is 2.38. The van der Waals surface area contributed by atoms with E-state index in [1.165, 1.54) is 11.8 Å². The van der Waals surface area contributed by atoms with E-state index in [1.54, 1.807) is 28.9 Å². The molecule has 1 fully saturated rings. The zero-order chi connectivity index (χ0) is 35.0. The topological polar surface area (TPSA) is 133 Å². The second-order valence-corrected chi connectivity index (χ2v) is 13.0. The molecular weight excluding hydrogens is 665 g/mol. The number of ether oxygens (including phenoxy) is 3. The van der Waals surface area contributed by atoms with Gasteiger partial charge in [0.25, 0.3) is 0 Å². The Labute approximate surface area is 299 Å². The molecule has 5 aromatic carbocycles. The minimum Gasteiger partial charge on any atom is -0.457 e. The van der Waals surface area contributed by atoms with Crippen LogP contribution in [0.3, 0.4) is 0 Å². The lowest BCUT2D eigenvalue weighted by molar-refractivity contribution is -0.268. The van der Waals surface area contributed by atoms with Crippen LogP contribution in [0.15, 0.2) is 139 Å². The average molecular weight is 701 g/mol. The summed E-state index contributed by atoms with van der Waals surface area (Å²) >= 11 is 1.52. The molecule has 1 aromatic heterocycles. The number of para-hydroxylation sites is 2. The van der Waals surface area contributed by atoms with Gasteiger partial charge in [0, 0.05) is 28.6 Å². The van der Waals surface area contributed by atoms with Gasteiger partial charge in [-0.1, -0.05) is 91.5 Å². The summed E-state index contributed by atoms with van der Waals surface area (Å²) in [7, 11) is 0. The number of benzene rings is 5. The minimum absolute atomic E-state index is 0.0154. The Morgan fingerprint density at radius 2 is 1.39 bits per heavy atom. The van der Waals surface area contributed by atoms with Crippen molar-refractivity contribution in [1.82, 2.24) is 20.2 Å². The number of anilines is 2. The van der Waals surface area contributed by atoms with Gasteiger partial charge in [-0.25, -0.2) is 4.79 Å². The van der Waals surface area contributed by atoms with E-state index >= 15 is 0 Å². The molecular formula is C39H36N6O5S. The SMILES string of the molecule is C[C@@H]1[C@H](CSc2nnnn2-c2ccccc2)O[C@H](c2ccc(NC(=O)Nc3ccc(Oc4ccccc4)cc3)cc2)O[C@@H]1c1ccc(CO)cc1. The van der Waals surface area contributed by atoms with Gasteiger partial charge in [-0.15, -0.1) is 5.10 Å². The molecule has 2 amide bonds. The van der Waals surface area contributed by atoms with Crippen molar-refractivity contribution in [2.75, 3.05) is 16.4 Å². The third-order valence-electron chi connectivity index (χ3n) is 8.47. The fourth-order valence-corrected chi connectivity index (χ4v) is 6.77. The molecule has 2 heterocycles. The zero-order valence-electron chi connectivity index (χ0n) is 27.7. The third-order valence-corrected chi connectivity index (χ3v) is 9.48. The van der Waals surface area contributed by atoms with E-state index in [0.29, 0.717) is 28.0 Å². The van der Waals surface area contributed by atoms with Gasteiger partial charge in [0.15, 0.2) is 6.29 Å². The number of aliphatic hydroxyl groups is 1. The largest absolute Gasteiger partial charge is 0.457 e. The van der Waals surface area contributed by atoms with Crippen LogP contribution in [0.4, 0.5) is 16.2 Å². The Hall–Kier alpha value is -5.53. The molecule has 12 heteroatoms. The van der Waals surface area contributed by atoms with Crippen LogP contribution < -0.4 is 15.4 Å². The molecule has 51 heavy (non-hydrogen) atoms. The van der Waals surface area contributed by atoms with Crippen LogP contribution in [-0.4, -0.2) is 43.2 Å². The molecule has 3 N–H and O–H groups in total. The van der Waals surface area contributed by atoms with Gasteiger partial charge in [0.05, 0.1) is 24.5 Å². The maximum absolute atomic E-state index is 12.8. The van der Waals surface area contributed by atoms with Gasteiger partial charge < -0.3 is 30.0 Å². The first-order valence-electron chi connectivity index (χ1n) is 16.5.